The van der Waals surface area contributed by atoms with Gasteiger partial charge in [0.1, 0.15) is 5.75 Å². The predicted octanol–water partition coefficient (Wildman–Crippen LogP) is 2.87. The summed E-state index contributed by atoms with van der Waals surface area (Å²) in [6.07, 6.45) is 3.26. The molecule has 1 amide bonds. The Morgan fingerprint density at radius 3 is 2.70 bits per heavy atom. The number of nitrogens with zero attached hydrogens (tertiary/aromatic N) is 2. The Labute approximate surface area is 139 Å². The Hall–Kier alpha value is -1.55. The summed E-state index contributed by atoms with van der Waals surface area (Å²) in [5.74, 6) is 1.42. The second-order valence-corrected chi connectivity index (χ2v) is 6.79. The minimum Gasteiger partial charge on any atom is -0.497 e. The van der Waals surface area contributed by atoms with Crippen LogP contribution in [-0.2, 0) is 11.2 Å². The fourth-order valence-electron chi connectivity index (χ4n) is 3.81. The number of fused-ring (bicyclic) bond motifs is 1. The average Bonchev–Trinajstić information content (AvgIpc) is 3.03. The molecule has 2 aliphatic rings. The first-order valence-electron chi connectivity index (χ1n) is 8.83. The topological polar surface area (TPSA) is 32.8 Å². The Morgan fingerprint density at radius 2 is 2.04 bits per heavy atom. The van der Waals surface area contributed by atoms with E-state index in [1.165, 1.54) is 17.5 Å². The summed E-state index contributed by atoms with van der Waals surface area (Å²) < 4.78 is 5.39. The van der Waals surface area contributed by atoms with Gasteiger partial charge in [0.25, 0.3) is 0 Å². The molecule has 23 heavy (non-hydrogen) atoms. The summed E-state index contributed by atoms with van der Waals surface area (Å²) in [5.41, 5.74) is 2.87. The van der Waals surface area contributed by atoms with Gasteiger partial charge in [0.2, 0.25) is 5.91 Å². The van der Waals surface area contributed by atoms with E-state index < -0.39 is 0 Å². The molecule has 0 bridgehead atoms. The van der Waals surface area contributed by atoms with E-state index in [2.05, 4.69) is 30.0 Å². The highest BCUT2D eigenvalue weighted by molar-refractivity contribution is 5.78. The maximum Gasteiger partial charge on any atom is 0.225 e. The molecule has 1 fully saturated rings. The van der Waals surface area contributed by atoms with Crippen LogP contribution in [0.5, 0.6) is 5.75 Å². The molecule has 1 aromatic carbocycles. The van der Waals surface area contributed by atoms with Gasteiger partial charge in [-0.15, -0.1) is 0 Å². The van der Waals surface area contributed by atoms with Crippen LogP contribution in [-0.4, -0.2) is 49.0 Å². The molecule has 1 aliphatic carbocycles. The van der Waals surface area contributed by atoms with Gasteiger partial charge in [-0.25, -0.2) is 0 Å². The smallest absolute Gasteiger partial charge is 0.225 e. The fourth-order valence-corrected chi connectivity index (χ4v) is 3.81. The molecule has 4 heteroatoms. The highest BCUT2D eigenvalue weighted by Gasteiger charge is 2.32. The number of benzene rings is 1. The van der Waals surface area contributed by atoms with E-state index in [4.69, 9.17) is 4.74 Å². The molecule has 1 aliphatic heterocycles. The van der Waals surface area contributed by atoms with Crippen LogP contribution in [0.2, 0.25) is 0 Å². The minimum atomic E-state index is 0.151. The number of amides is 1. The second kappa shape index (κ2) is 6.91. The molecule has 126 valence electrons. The molecule has 4 nitrogen and oxygen atoms in total. The number of hydrogen-bond donors (Lipinski definition) is 0. The van der Waals surface area contributed by atoms with Crippen molar-refractivity contribution in [1.29, 1.82) is 0 Å². The van der Waals surface area contributed by atoms with Gasteiger partial charge in [0.05, 0.1) is 7.11 Å². The van der Waals surface area contributed by atoms with E-state index in [1.54, 1.807) is 7.11 Å². The maximum atomic E-state index is 12.3. The molecule has 1 aromatic rings. The summed E-state index contributed by atoms with van der Waals surface area (Å²) in [7, 11) is 1.73. The molecular weight excluding hydrogens is 288 g/mol. The van der Waals surface area contributed by atoms with Gasteiger partial charge in [-0.3, -0.25) is 9.69 Å². The first-order chi connectivity index (χ1) is 11.1. The third-order valence-corrected chi connectivity index (χ3v) is 5.50. The number of methoxy groups -OCH3 is 1. The Morgan fingerprint density at radius 1 is 1.30 bits per heavy atom. The van der Waals surface area contributed by atoms with Crippen LogP contribution in [0.1, 0.15) is 43.9 Å². The Balaban J connectivity index is 1.65. The SMILES string of the molecule is CCC(C)C(=O)N1CCN(C2CCc3ccc(OC)cc32)CC1. The average molecular weight is 316 g/mol. The molecule has 0 radical (unpaired) electrons. The lowest BCUT2D eigenvalue weighted by molar-refractivity contribution is -0.137. The lowest BCUT2D eigenvalue weighted by atomic mass is 10.0. The summed E-state index contributed by atoms with van der Waals surface area (Å²) in [6.45, 7) is 7.79. The van der Waals surface area contributed by atoms with Crippen molar-refractivity contribution in [2.24, 2.45) is 5.92 Å². The number of aryl methyl sites for hydroxylation is 1. The van der Waals surface area contributed by atoms with E-state index in [1.807, 2.05) is 11.8 Å². The molecular formula is C19H28N2O2. The van der Waals surface area contributed by atoms with Crippen LogP contribution in [0.15, 0.2) is 18.2 Å². The minimum absolute atomic E-state index is 0.151. The fraction of sp³-hybridized carbons (Fsp3) is 0.632. The van der Waals surface area contributed by atoms with E-state index in [9.17, 15) is 4.79 Å². The van der Waals surface area contributed by atoms with Gasteiger partial charge in [-0.1, -0.05) is 19.9 Å². The van der Waals surface area contributed by atoms with Gasteiger partial charge >= 0.3 is 0 Å². The summed E-state index contributed by atoms with van der Waals surface area (Å²) >= 11 is 0. The largest absolute Gasteiger partial charge is 0.497 e. The number of carbonyl (C=O) groups is 1. The molecule has 0 spiro atoms. The number of piperazine rings is 1. The first-order valence-corrected chi connectivity index (χ1v) is 8.83. The molecule has 1 saturated heterocycles. The van der Waals surface area contributed by atoms with Gasteiger partial charge in [-0.05, 0) is 42.5 Å². The molecule has 2 atom stereocenters. The lowest BCUT2D eigenvalue weighted by Gasteiger charge is -2.39. The highest BCUT2D eigenvalue weighted by Crippen LogP contribution is 2.38. The molecule has 3 rings (SSSR count). The Bertz CT molecular complexity index is 564. The van der Waals surface area contributed by atoms with Crippen LogP contribution < -0.4 is 4.74 Å². The molecule has 0 saturated carbocycles. The molecule has 2 unspecified atom stereocenters. The van der Waals surface area contributed by atoms with Crippen molar-refractivity contribution in [3.8, 4) is 5.75 Å². The second-order valence-electron chi connectivity index (χ2n) is 6.79. The number of carbonyl (C=O) groups excluding carboxylic acids is 1. The zero-order valence-corrected chi connectivity index (χ0v) is 14.5. The molecule has 0 aromatic heterocycles. The molecule has 1 heterocycles. The summed E-state index contributed by atoms with van der Waals surface area (Å²) in [4.78, 5) is 16.9. The van der Waals surface area contributed by atoms with Gasteiger partial charge in [0.15, 0.2) is 0 Å². The number of ether oxygens (including phenoxy) is 1. The highest BCUT2D eigenvalue weighted by atomic mass is 16.5. The summed E-state index contributed by atoms with van der Waals surface area (Å²) in [5, 5.41) is 0. The Kier molecular flexibility index (Phi) is 4.90. The van der Waals surface area contributed by atoms with E-state index in [0.717, 1.165) is 44.8 Å². The van der Waals surface area contributed by atoms with Gasteiger partial charge in [0, 0.05) is 38.1 Å². The number of rotatable bonds is 4. The van der Waals surface area contributed by atoms with Crippen molar-refractivity contribution < 1.29 is 9.53 Å². The van der Waals surface area contributed by atoms with Crippen LogP contribution in [0.3, 0.4) is 0 Å². The zero-order valence-electron chi connectivity index (χ0n) is 14.5. The van der Waals surface area contributed by atoms with E-state index >= 15 is 0 Å². The van der Waals surface area contributed by atoms with Crippen molar-refractivity contribution >= 4 is 5.91 Å². The predicted molar refractivity (Wildman–Crippen MR) is 91.7 cm³/mol. The van der Waals surface area contributed by atoms with Gasteiger partial charge in [-0.2, -0.15) is 0 Å². The van der Waals surface area contributed by atoms with Crippen LogP contribution >= 0.6 is 0 Å². The first kappa shape index (κ1) is 16.3. The van der Waals surface area contributed by atoms with E-state index in [-0.39, 0.29) is 5.92 Å². The van der Waals surface area contributed by atoms with Crippen molar-refractivity contribution in [2.75, 3.05) is 33.3 Å². The maximum absolute atomic E-state index is 12.3. The third-order valence-electron chi connectivity index (χ3n) is 5.50. The zero-order chi connectivity index (χ0) is 16.4. The van der Waals surface area contributed by atoms with Crippen LogP contribution in [0, 0.1) is 5.92 Å². The normalized spacial score (nSPS) is 22.7. The van der Waals surface area contributed by atoms with E-state index in [0.29, 0.717) is 11.9 Å². The quantitative estimate of drug-likeness (QED) is 0.856. The van der Waals surface area contributed by atoms with Crippen molar-refractivity contribution in [1.82, 2.24) is 9.80 Å². The lowest BCUT2D eigenvalue weighted by Crippen LogP contribution is -2.50. The standard InChI is InChI=1S/C19H28N2O2/c1-4-14(2)19(22)21-11-9-20(10-12-21)18-8-6-15-5-7-16(23-3)13-17(15)18/h5,7,13-14,18H,4,6,8-12H2,1-3H3. The third kappa shape index (κ3) is 3.23. The molecule has 0 N–H and O–H groups in total. The van der Waals surface area contributed by atoms with Gasteiger partial charge < -0.3 is 9.64 Å². The van der Waals surface area contributed by atoms with Crippen molar-refractivity contribution in [2.45, 2.75) is 39.2 Å². The van der Waals surface area contributed by atoms with Crippen LogP contribution in [0.25, 0.3) is 0 Å². The van der Waals surface area contributed by atoms with Crippen LogP contribution in [0.4, 0.5) is 0 Å². The monoisotopic (exact) mass is 316 g/mol. The van der Waals surface area contributed by atoms with Crippen molar-refractivity contribution in [3.63, 3.8) is 0 Å². The summed E-state index contributed by atoms with van der Waals surface area (Å²) in [6, 6.07) is 6.95. The van der Waals surface area contributed by atoms with Crippen molar-refractivity contribution in [3.05, 3.63) is 29.3 Å². The number of hydrogen-bond acceptors (Lipinski definition) is 3.